The molecule has 8 heterocycles. The van der Waals surface area contributed by atoms with Crippen molar-refractivity contribution in [2.75, 3.05) is 80.8 Å². The van der Waals surface area contributed by atoms with E-state index in [1.165, 1.54) is 77.0 Å². The van der Waals surface area contributed by atoms with Gasteiger partial charge < -0.3 is 39.4 Å². The summed E-state index contributed by atoms with van der Waals surface area (Å²) in [5.41, 5.74) is 0. The first-order valence-corrected chi connectivity index (χ1v) is 38.1. The molecule has 4 aromatic carbocycles. The standard InChI is InChI=1S/4C16H19N3O6S.2Rh/c4*1-25-15(21)12-10-18(16(22)17-12)14(20)13-8-5-9-19(13)26(23,24)11-6-3-2-4-7-11;;/h4*2-4,6-7,12-13H,5,8-10H2,1H3,(H,17,22);;/t4*12-,13-;;/m0000../s1. The number of carbonyl (C=O) groups excluding carboxylic acids is 8. The van der Waals surface area contributed by atoms with Crippen molar-refractivity contribution >= 4 is 112 Å². The van der Waals surface area contributed by atoms with Crippen LogP contribution in [0.1, 0.15) is 51.4 Å². The SMILES string of the molecule is COC(=O)[C@@H]1CN(C(=O)[C@@H]2CCCN2S(=O)(=O)c2ccccc2)C(O)=N1.COC(=O)[C@@H]1CN(C(=O)[C@@H]2CCCN2S(=O)(=O)c2ccccc2)C(O)=N1.COC(=O)[C@@H]1CN(C(=O)[C@@H]2CCCN2S(=O)(=O)c2ccccc2)C(O)=N1.COC(=O)[C@@H]1CN(C(=O)[C@@H]2CCCN2S(=O)(=O)c2ccccc2)C(O)=N1.[Rh].[Rh]. The molecule has 578 valence electrons. The summed E-state index contributed by atoms with van der Waals surface area (Å²) in [5.74, 6) is -5.10. The van der Waals surface area contributed by atoms with E-state index in [0.717, 1.165) is 36.8 Å². The third kappa shape index (κ3) is 18.3. The Labute approximate surface area is 636 Å². The molecule has 0 aromatic heterocycles. The number of methoxy groups -OCH3 is 4. The molecule has 42 heteroatoms. The Morgan fingerprint density at radius 1 is 0.321 bits per heavy atom. The second-order valence-electron chi connectivity index (χ2n) is 24.0. The molecular formula is C64H76N12O24Rh2S4. The molecule has 0 spiro atoms. The normalized spacial score (nSPS) is 23.3. The van der Waals surface area contributed by atoms with Gasteiger partial charge in [-0.3, -0.25) is 38.8 Å². The van der Waals surface area contributed by atoms with Gasteiger partial charge in [0.15, 0.2) is 24.2 Å². The number of aliphatic imine (C=N–C) groups is 4. The summed E-state index contributed by atoms with van der Waals surface area (Å²) in [7, 11) is -10.6. The zero-order valence-electron chi connectivity index (χ0n) is 57.1. The summed E-state index contributed by atoms with van der Waals surface area (Å²) in [6.45, 7) is 0.138. The Kier molecular flexibility index (Phi) is 29.0. The van der Waals surface area contributed by atoms with Crippen LogP contribution in [-0.4, -0.2) is 292 Å². The minimum atomic E-state index is -3.84. The summed E-state index contributed by atoms with van der Waals surface area (Å²) in [6.07, 6.45) is 3.41. The van der Waals surface area contributed by atoms with Crippen molar-refractivity contribution in [2.24, 2.45) is 20.0 Å². The van der Waals surface area contributed by atoms with Crippen LogP contribution in [0.4, 0.5) is 0 Å². The first-order valence-electron chi connectivity index (χ1n) is 32.4. The van der Waals surface area contributed by atoms with Gasteiger partial charge >= 0.3 is 23.9 Å². The van der Waals surface area contributed by atoms with Crippen LogP contribution in [0.15, 0.2) is 161 Å². The van der Waals surface area contributed by atoms with Crippen LogP contribution in [0.2, 0.25) is 0 Å². The van der Waals surface area contributed by atoms with Crippen molar-refractivity contribution < 1.29 is 150 Å². The van der Waals surface area contributed by atoms with Crippen LogP contribution in [0.3, 0.4) is 0 Å². The minimum Gasteiger partial charge on any atom is -0.480 e. The van der Waals surface area contributed by atoms with E-state index < -0.39 is 160 Å². The Balaban J connectivity index is 0.000000196. The topological polar surface area (TPSA) is 466 Å². The molecule has 4 amide bonds. The Hall–Kier alpha value is -8.59. The van der Waals surface area contributed by atoms with Crippen molar-refractivity contribution in [2.45, 2.75) is 119 Å². The van der Waals surface area contributed by atoms with Crippen LogP contribution in [0.5, 0.6) is 0 Å². The molecule has 4 fully saturated rings. The van der Waals surface area contributed by atoms with E-state index in [0.29, 0.717) is 51.4 Å². The van der Waals surface area contributed by atoms with E-state index in [-0.39, 0.29) is 111 Å². The van der Waals surface area contributed by atoms with E-state index in [2.05, 4.69) is 38.9 Å². The summed E-state index contributed by atoms with van der Waals surface area (Å²) >= 11 is 0. The fraction of sp³-hybridized carbons (Fsp3) is 0.438. The van der Waals surface area contributed by atoms with Crippen LogP contribution < -0.4 is 0 Å². The summed E-state index contributed by atoms with van der Waals surface area (Å²) in [4.78, 5) is 117. The number of esters is 4. The first-order chi connectivity index (χ1) is 49.4. The number of hydrogen-bond acceptors (Lipinski definition) is 24. The molecule has 8 aliphatic rings. The first kappa shape index (κ1) is 84.7. The van der Waals surface area contributed by atoms with Crippen molar-refractivity contribution in [1.82, 2.24) is 36.8 Å². The molecule has 0 bridgehead atoms. The monoisotopic (exact) mass is 1730 g/mol. The van der Waals surface area contributed by atoms with E-state index in [4.69, 9.17) is 0 Å². The molecule has 8 atom stereocenters. The molecular weight excluding hydrogens is 1650 g/mol. The van der Waals surface area contributed by atoms with Crippen LogP contribution in [-0.2, 0) is 136 Å². The number of ether oxygens (including phenoxy) is 4. The third-order valence-corrected chi connectivity index (χ3v) is 25.5. The largest absolute Gasteiger partial charge is 0.480 e. The van der Waals surface area contributed by atoms with Gasteiger partial charge in [0, 0.05) is 65.1 Å². The number of nitrogens with zero attached hydrogens (tertiary/aromatic N) is 12. The average molecular weight is 1730 g/mol. The van der Waals surface area contributed by atoms with E-state index in [9.17, 15) is 92.5 Å². The fourth-order valence-corrected chi connectivity index (χ4v) is 19.2. The van der Waals surface area contributed by atoms with Crippen molar-refractivity contribution in [3.63, 3.8) is 0 Å². The molecule has 36 nitrogen and oxygen atoms in total. The Bertz CT molecular complexity index is 3940. The van der Waals surface area contributed by atoms with Gasteiger partial charge in [-0.25, -0.2) is 72.8 Å². The van der Waals surface area contributed by atoms with Crippen molar-refractivity contribution in [3.8, 4) is 0 Å². The van der Waals surface area contributed by atoms with Crippen molar-refractivity contribution in [1.29, 1.82) is 0 Å². The van der Waals surface area contributed by atoms with Gasteiger partial charge in [-0.15, -0.1) is 0 Å². The Morgan fingerprint density at radius 3 is 0.651 bits per heavy atom. The minimum absolute atomic E-state index is 0. The number of sulfonamides is 4. The van der Waals surface area contributed by atoms with Crippen LogP contribution in [0, 0.1) is 0 Å². The van der Waals surface area contributed by atoms with Gasteiger partial charge in [-0.2, -0.15) is 17.2 Å². The molecule has 2 radical (unpaired) electrons. The van der Waals surface area contributed by atoms with Crippen LogP contribution in [0.25, 0.3) is 0 Å². The zero-order chi connectivity index (χ0) is 75.6. The molecule has 0 unspecified atom stereocenters. The molecule has 4 saturated heterocycles. The predicted molar refractivity (Wildman–Crippen MR) is 364 cm³/mol. The van der Waals surface area contributed by atoms with Gasteiger partial charge in [0.2, 0.25) is 63.7 Å². The number of amides is 4. The predicted octanol–water partition coefficient (Wildman–Crippen LogP) is 0.545. The fourth-order valence-electron chi connectivity index (χ4n) is 12.6. The average Bonchev–Trinajstić information content (AvgIpc) is 1.58. The number of hydrogen-bond donors (Lipinski definition) is 4. The van der Waals surface area contributed by atoms with Gasteiger partial charge in [0.05, 0.1) is 74.2 Å². The number of benzene rings is 4. The van der Waals surface area contributed by atoms with Gasteiger partial charge in [-0.1, -0.05) is 72.8 Å². The molecule has 0 saturated carbocycles. The molecule has 12 rings (SSSR count). The third-order valence-electron chi connectivity index (χ3n) is 17.8. The molecule has 4 aromatic rings. The number of aliphatic hydroxyl groups is 4. The maximum atomic E-state index is 12.9. The van der Waals surface area contributed by atoms with Crippen LogP contribution >= 0.6 is 0 Å². The maximum absolute atomic E-state index is 12.9. The zero-order valence-corrected chi connectivity index (χ0v) is 63.6. The quantitative estimate of drug-likeness (QED) is 0.0676. The molecule has 8 aliphatic heterocycles. The van der Waals surface area contributed by atoms with E-state index in [1.54, 1.807) is 72.8 Å². The Morgan fingerprint density at radius 2 is 0.491 bits per heavy atom. The maximum Gasteiger partial charge on any atom is 0.332 e. The number of rotatable bonds is 16. The second kappa shape index (κ2) is 36.3. The van der Waals surface area contributed by atoms with E-state index in [1.807, 2.05) is 0 Å². The van der Waals surface area contributed by atoms with E-state index >= 15 is 0 Å². The van der Waals surface area contributed by atoms with Gasteiger partial charge in [0.1, 0.15) is 24.2 Å². The molecule has 106 heavy (non-hydrogen) atoms. The number of aliphatic hydroxyl groups excluding tert-OH is 4. The van der Waals surface area contributed by atoms with Gasteiger partial charge in [0.25, 0.3) is 24.1 Å². The summed E-state index contributed by atoms with van der Waals surface area (Å²) in [5, 5.41) is 39.7. The van der Waals surface area contributed by atoms with Crippen molar-refractivity contribution in [3.05, 3.63) is 121 Å². The van der Waals surface area contributed by atoms with Gasteiger partial charge in [-0.05, 0) is 99.9 Å². The number of amidine groups is 4. The second-order valence-corrected chi connectivity index (χ2v) is 31.6. The number of carbonyl (C=O) groups is 8. The smallest absolute Gasteiger partial charge is 0.332 e. The summed E-state index contributed by atoms with van der Waals surface area (Å²) < 4.78 is 126. The molecule has 4 N–H and O–H groups in total. The summed E-state index contributed by atoms with van der Waals surface area (Å²) in [6, 6.07) is 21.2. The molecule has 0 aliphatic carbocycles.